The number of nitrogens with one attached hydrogen (secondary N) is 2. The van der Waals surface area contributed by atoms with Crippen molar-refractivity contribution in [2.45, 2.75) is 19.3 Å². The molecule has 0 atom stereocenters. The zero-order chi connectivity index (χ0) is 17.8. The Bertz CT molecular complexity index is 845. The number of hydrogen-bond donors (Lipinski definition) is 2. The Morgan fingerprint density at radius 2 is 1.92 bits per heavy atom. The molecule has 0 saturated carbocycles. The van der Waals surface area contributed by atoms with Gasteiger partial charge in [0.1, 0.15) is 0 Å². The monoisotopic (exact) mass is 338 g/mol. The summed E-state index contributed by atoms with van der Waals surface area (Å²) in [5, 5.41) is 5.62. The second kappa shape index (κ2) is 7.17. The maximum Gasteiger partial charge on any atom is 0.337 e. The van der Waals surface area contributed by atoms with Gasteiger partial charge >= 0.3 is 5.97 Å². The standard InChI is InChI=1S/C19H18N2O4/c1-25-19(24)14-5-2-6-15(11-14)20-18(23)13-8-9-16-12(10-13)4-3-7-17(22)21-16/h2,5-6,8-11H,3-4,7H2,1H3,(H,20,23)(H,21,22). The van der Waals surface area contributed by atoms with E-state index in [2.05, 4.69) is 15.4 Å². The van der Waals surface area contributed by atoms with Gasteiger partial charge < -0.3 is 15.4 Å². The first kappa shape index (κ1) is 16.7. The average Bonchev–Trinajstić information content (AvgIpc) is 2.81. The van der Waals surface area contributed by atoms with Crippen LogP contribution in [-0.2, 0) is 16.0 Å². The summed E-state index contributed by atoms with van der Waals surface area (Å²) in [6.07, 6.45) is 1.98. The van der Waals surface area contributed by atoms with Crippen molar-refractivity contribution in [2.24, 2.45) is 0 Å². The molecule has 25 heavy (non-hydrogen) atoms. The van der Waals surface area contributed by atoms with Crippen molar-refractivity contribution >= 4 is 29.2 Å². The van der Waals surface area contributed by atoms with Crippen molar-refractivity contribution in [3.05, 3.63) is 59.2 Å². The minimum absolute atomic E-state index is 0.00410. The lowest BCUT2D eigenvalue weighted by atomic mass is 10.0. The van der Waals surface area contributed by atoms with Crippen LogP contribution in [-0.4, -0.2) is 24.9 Å². The van der Waals surface area contributed by atoms with Crippen molar-refractivity contribution in [2.75, 3.05) is 17.7 Å². The number of aryl methyl sites for hydroxylation is 1. The first-order chi connectivity index (χ1) is 12.1. The maximum absolute atomic E-state index is 12.5. The summed E-state index contributed by atoms with van der Waals surface area (Å²) in [5.41, 5.74) is 3.08. The van der Waals surface area contributed by atoms with E-state index in [0.29, 0.717) is 23.2 Å². The normalized spacial score (nSPS) is 13.2. The quantitative estimate of drug-likeness (QED) is 0.843. The van der Waals surface area contributed by atoms with Crippen LogP contribution in [0.5, 0.6) is 0 Å². The number of carbonyl (C=O) groups is 3. The highest BCUT2D eigenvalue weighted by Gasteiger charge is 2.15. The second-order valence-electron chi connectivity index (χ2n) is 5.80. The number of anilines is 2. The van der Waals surface area contributed by atoms with Gasteiger partial charge in [-0.2, -0.15) is 0 Å². The van der Waals surface area contributed by atoms with Gasteiger partial charge in [0.2, 0.25) is 5.91 Å². The molecule has 6 heteroatoms. The first-order valence-corrected chi connectivity index (χ1v) is 7.99. The Hall–Kier alpha value is -3.15. The van der Waals surface area contributed by atoms with Crippen LogP contribution >= 0.6 is 0 Å². The highest BCUT2D eigenvalue weighted by molar-refractivity contribution is 6.05. The van der Waals surface area contributed by atoms with E-state index >= 15 is 0 Å². The number of rotatable bonds is 3. The molecule has 0 fully saturated rings. The van der Waals surface area contributed by atoms with Crippen LogP contribution in [0.3, 0.4) is 0 Å². The molecule has 0 aromatic heterocycles. The van der Waals surface area contributed by atoms with Crippen LogP contribution in [0, 0.1) is 0 Å². The van der Waals surface area contributed by atoms with Crippen molar-refractivity contribution in [1.29, 1.82) is 0 Å². The molecular weight excluding hydrogens is 320 g/mol. The molecule has 0 radical (unpaired) electrons. The van der Waals surface area contributed by atoms with Gasteiger partial charge in [-0.1, -0.05) is 6.07 Å². The van der Waals surface area contributed by atoms with Crippen LogP contribution in [0.15, 0.2) is 42.5 Å². The smallest absolute Gasteiger partial charge is 0.337 e. The predicted molar refractivity (Wildman–Crippen MR) is 93.7 cm³/mol. The molecule has 6 nitrogen and oxygen atoms in total. The van der Waals surface area contributed by atoms with E-state index in [1.807, 2.05) is 0 Å². The Kier molecular flexibility index (Phi) is 4.79. The summed E-state index contributed by atoms with van der Waals surface area (Å²) in [4.78, 5) is 35.6. The molecule has 3 rings (SSSR count). The first-order valence-electron chi connectivity index (χ1n) is 7.99. The average molecular weight is 338 g/mol. The fourth-order valence-corrected chi connectivity index (χ4v) is 2.76. The molecule has 2 aromatic carbocycles. The lowest BCUT2D eigenvalue weighted by Crippen LogP contribution is -2.14. The van der Waals surface area contributed by atoms with Gasteiger partial charge in [0.05, 0.1) is 12.7 Å². The zero-order valence-electron chi connectivity index (χ0n) is 13.8. The molecule has 128 valence electrons. The number of fused-ring (bicyclic) bond motifs is 1. The summed E-state index contributed by atoms with van der Waals surface area (Å²) >= 11 is 0. The third kappa shape index (κ3) is 3.85. The SMILES string of the molecule is COC(=O)c1cccc(NC(=O)c2ccc3c(c2)CCCC(=O)N3)c1. The number of hydrogen-bond acceptors (Lipinski definition) is 4. The largest absolute Gasteiger partial charge is 0.465 e. The van der Waals surface area contributed by atoms with Crippen LogP contribution in [0.2, 0.25) is 0 Å². The summed E-state index contributed by atoms with van der Waals surface area (Å²) in [6, 6.07) is 11.8. The number of methoxy groups -OCH3 is 1. The van der Waals surface area contributed by atoms with Crippen LogP contribution in [0.1, 0.15) is 39.1 Å². The summed E-state index contributed by atoms with van der Waals surface area (Å²) in [7, 11) is 1.31. The minimum atomic E-state index is -0.461. The third-order valence-corrected chi connectivity index (χ3v) is 4.03. The van der Waals surface area contributed by atoms with E-state index in [1.54, 1.807) is 42.5 Å². The fourth-order valence-electron chi connectivity index (χ4n) is 2.76. The second-order valence-corrected chi connectivity index (χ2v) is 5.80. The Morgan fingerprint density at radius 1 is 1.08 bits per heavy atom. The molecule has 2 amide bonds. The third-order valence-electron chi connectivity index (χ3n) is 4.03. The molecule has 0 spiro atoms. The molecule has 2 N–H and O–H groups in total. The number of esters is 1. The molecule has 0 bridgehead atoms. The number of carbonyl (C=O) groups excluding carboxylic acids is 3. The van der Waals surface area contributed by atoms with Gasteiger partial charge in [0, 0.05) is 23.4 Å². The van der Waals surface area contributed by atoms with Gasteiger partial charge in [-0.25, -0.2) is 4.79 Å². The van der Waals surface area contributed by atoms with Crippen molar-refractivity contribution < 1.29 is 19.1 Å². The van der Waals surface area contributed by atoms with Crippen molar-refractivity contribution in [1.82, 2.24) is 0 Å². The summed E-state index contributed by atoms with van der Waals surface area (Å²) in [5.74, 6) is -0.743. The van der Waals surface area contributed by atoms with Crippen LogP contribution in [0.25, 0.3) is 0 Å². The van der Waals surface area contributed by atoms with Gasteiger partial charge in [-0.15, -0.1) is 0 Å². The molecular formula is C19H18N2O4. The van der Waals surface area contributed by atoms with E-state index < -0.39 is 5.97 Å². The topological polar surface area (TPSA) is 84.5 Å². The maximum atomic E-state index is 12.5. The Morgan fingerprint density at radius 3 is 2.72 bits per heavy atom. The van der Waals surface area contributed by atoms with Crippen molar-refractivity contribution in [3.8, 4) is 0 Å². The van der Waals surface area contributed by atoms with Crippen LogP contribution < -0.4 is 10.6 Å². The van der Waals surface area contributed by atoms with E-state index in [-0.39, 0.29) is 11.8 Å². The van der Waals surface area contributed by atoms with Gasteiger partial charge in [-0.05, 0) is 54.8 Å². The van der Waals surface area contributed by atoms with Crippen LogP contribution in [0.4, 0.5) is 11.4 Å². The van der Waals surface area contributed by atoms with E-state index in [0.717, 1.165) is 24.1 Å². The Balaban J connectivity index is 1.79. The lowest BCUT2D eigenvalue weighted by Gasteiger charge is -2.10. The molecule has 2 aromatic rings. The number of benzene rings is 2. The van der Waals surface area contributed by atoms with E-state index in [9.17, 15) is 14.4 Å². The van der Waals surface area contributed by atoms with Gasteiger partial charge in [-0.3, -0.25) is 9.59 Å². The number of amides is 2. The fraction of sp³-hybridized carbons (Fsp3) is 0.211. The van der Waals surface area contributed by atoms with Crippen molar-refractivity contribution in [3.63, 3.8) is 0 Å². The predicted octanol–water partition coefficient (Wildman–Crippen LogP) is 3.00. The minimum Gasteiger partial charge on any atom is -0.465 e. The molecule has 0 aliphatic carbocycles. The van der Waals surface area contributed by atoms with E-state index in [1.165, 1.54) is 7.11 Å². The summed E-state index contributed by atoms with van der Waals surface area (Å²) < 4.78 is 4.68. The van der Waals surface area contributed by atoms with E-state index in [4.69, 9.17) is 0 Å². The Labute approximate surface area is 145 Å². The molecule has 0 saturated heterocycles. The highest BCUT2D eigenvalue weighted by Crippen LogP contribution is 2.24. The lowest BCUT2D eigenvalue weighted by molar-refractivity contribution is -0.116. The highest BCUT2D eigenvalue weighted by atomic mass is 16.5. The summed E-state index contributed by atoms with van der Waals surface area (Å²) in [6.45, 7) is 0. The molecule has 1 aliphatic heterocycles. The molecule has 1 heterocycles. The number of ether oxygens (including phenoxy) is 1. The van der Waals surface area contributed by atoms with Gasteiger partial charge in [0.25, 0.3) is 5.91 Å². The molecule has 1 aliphatic rings. The van der Waals surface area contributed by atoms with Gasteiger partial charge in [0.15, 0.2) is 0 Å². The molecule has 0 unspecified atom stereocenters. The zero-order valence-corrected chi connectivity index (χ0v) is 13.8.